The van der Waals surface area contributed by atoms with Crippen LogP contribution in [-0.4, -0.2) is 23.2 Å². The van der Waals surface area contributed by atoms with E-state index in [-0.39, 0.29) is 6.61 Å². The number of nitrogens with zero attached hydrogens (tertiary/aromatic N) is 2. The second kappa shape index (κ2) is 3.51. The molecule has 14 heavy (non-hydrogen) atoms. The molecule has 0 saturated carbocycles. The highest BCUT2D eigenvalue weighted by atomic mass is 32.1. The van der Waals surface area contributed by atoms with E-state index in [0.29, 0.717) is 5.41 Å². The van der Waals surface area contributed by atoms with Crippen LogP contribution < -0.4 is 4.90 Å². The van der Waals surface area contributed by atoms with Crippen molar-refractivity contribution in [2.75, 3.05) is 18.0 Å². The molecule has 0 aromatic carbocycles. The third kappa shape index (κ3) is 1.64. The molecule has 0 spiro atoms. The standard InChI is InChI=1S/C10H16N2OS/c1-3-10(2)6-12(7-10)9-11-4-8(5-13)14-9/h4,13H,3,5-7H2,1-2H3. The highest BCUT2D eigenvalue weighted by Crippen LogP contribution is 2.38. The molecule has 1 N–H and O–H groups in total. The van der Waals surface area contributed by atoms with Crippen molar-refractivity contribution in [1.29, 1.82) is 0 Å². The summed E-state index contributed by atoms with van der Waals surface area (Å²) < 4.78 is 0. The fraction of sp³-hybridized carbons (Fsp3) is 0.700. The molecule has 2 rings (SSSR count). The molecule has 3 nitrogen and oxygen atoms in total. The number of thiazole rings is 1. The Morgan fingerprint density at radius 3 is 2.86 bits per heavy atom. The molecule has 1 aromatic rings. The minimum atomic E-state index is 0.108. The van der Waals surface area contributed by atoms with Crippen molar-refractivity contribution in [1.82, 2.24) is 4.98 Å². The summed E-state index contributed by atoms with van der Waals surface area (Å²) >= 11 is 1.59. The first-order valence-electron chi connectivity index (χ1n) is 4.97. The van der Waals surface area contributed by atoms with E-state index < -0.39 is 0 Å². The van der Waals surface area contributed by atoms with Crippen molar-refractivity contribution in [3.05, 3.63) is 11.1 Å². The van der Waals surface area contributed by atoms with Crippen LogP contribution in [0.15, 0.2) is 6.20 Å². The molecule has 4 heteroatoms. The van der Waals surface area contributed by atoms with Crippen molar-refractivity contribution in [2.24, 2.45) is 5.41 Å². The van der Waals surface area contributed by atoms with Crippen molar-refractivity contribution in [3.63, 3.8) is 0 Å². The molecular weight excluding hydrogens is 196 g/mol. The zero-order chi connectivity index (χ0) is 10.2. The predicted molar refractivity (Wildman–Crippen MR) is 58.6 cm³/mol. The third-order valence-corrected chi connectivity index (χ3v) is 4.01. The zero-order valence-corrected chi connectivity index (χ0v) is 9.47. The molecule has 1 aliphatic rings. The van der Waals surface area contributed by atoms with E-state index in [1.807, 2.05) is 0 Å². The second-order valence-corrected chi connectivity index (χ2v) is 5.38. The van der Waals surface area contributed by atoms with Crippen molar-refractivity contribution < 1.29 is 5.11 Å². The number of aliphatic hydroxyl groups is 1. The van der Waals surface area contributed by atoms with Gasteiger partial charge in [0.2, 0.25) is 0 Å². The first-order valence-corrected chi connectivity index (χ1v) is 5.79. The molecule has 0 unspecified atom stereocenters. The Bertz CT molecular complexity index is 318. The summed E-state index contributed by atoms with van der Waals surface area (Å²) in [5.41, 5.74) is 0.477. The molecule has 0 atom stereocenters. The molecule has 0 aliphatic carbocycles. The predicted octanol–water partition coefficient (Wildman–Crippen LogP) is 1.87. The van der Waals surface area contributed by atoms with Crippen LogP contribution in [-0.2, 0) is 6.61 Å². The summed E-state index contributed by atoms with van der Waals surface area (Å²) in [6.07, 6.45) is 2.99. The summed E-state index contributed by atoms with van der Waals surface area (Å²) in [7, 11) is 0. The zero-order valence-electron chi connectivity index (χ0n) is 8.66. The van der Waals surface area contributed by atoms with E-state index >= 15 is 0 Å². The van der Waals surface area contributed by atoms with Gasteiger partial charge in [-0.1, -0.05) is 25.2 Å². The van der Waals surface area contributed by atoms with Crippen LogP contribution in [0.2, 0.25) is 0 Å². The minimum Gasteiger partial charge on any atom is -0.391 e. The summed E-state index contributed by atoms with van der Waals surface area (Å²) in [5, 5.41) is 9.98. The highest BCUT2D eigenvalue weighted by Gasteiger charge is 2.38. The van der Waals surface area contributed by atoms with Gasteiger partial charge in [0.05, 0.1) is 11.5 Å². The number of anilines is 1. The van der Waals surface area contributed by atoms with Gasteiger partial charge in [0.15, 0.2) is 5.13 Å². The van der Waals surface area contributed by atoms with Gasteiger partial charge in [0, 0.05) is 24.7 Å². The summed E-state index contributed by atoms with van der Waals surface area (Å²) in [4.78, 5) is 7.53. The van der Waals surface area contributed by atoms with Gasteiger partial charge < -0.3 is 10.0 Å². The SMILES string of the molecule is CCC1(C)CN(c2ncc(CO)s2)C1. The molecule has 1 fully saturated rings. The molecule has 1 aliphatic heterocycles. The Morgan fingerprint density at radius 2 is 2.36 bits per heavy atom. The number of rotatable bonds is 3. The van der Waals surface area contributed by atoms with E-state index in [9.17, 15) is 0 Å². The molecule has 1 aromatic heterocycles. The second-order valence-electron chi connectivity index (χ2n) is 4.29. The Morgan fingerprint density at radius 1 is 1.64 bits per heavy atom. The van der Waals surface area contributed by atoms with Crippen LogP contribution in [0.4, 0.5) is 5.13 Å². The highest BCUT2D eigenvalue weighted by molar-refractivity contribution is 7.15. The van der Waals surface area contributed by atoms with Gasteiger partial charge in [0.1, 0.15) is 0 Å². The van der Waals surface area contributed by atoms with Crippen molar-refractivity contribution >= 4 is 16.5 Å². The third-order valence-electron chi connectivity index (χ3n) is 2.97. The van der Waals surface area contributed by atoms with Crippen LogP contribution >= 0.6 is 11.3 Å². The lowest BCUT2D eigenvalue weighted by Crippen LogP contribution is -2.54. The van der Waals surface area contributed by atoms with E-state index in [4.69, 9.17) is 5.11 Å². The van der Waals surface area contributed by atoms with Crippen LogP contribution in [0.25, 0.3) is 0 Å². The largest absolute Gasteiger partial charge is 0.391 e. The lowest BCUT2D eigenvalue weighted by Gasteiger charge is -2.47. The van der Waals surface area contributed by atoms with Gasteiger partial charge in [-0.15, -0.1) is 0 Å². The average molecular weight is 212 g/mol. The Hall–Kier alpha value is -0.610. The molecule has 0 amide bonds. The Kier molecular flexibility index (Phi) is 2.49. The van der Waals surface area contributed by atoms with E-state index in [0.717, 1.165) is 23.1 Å². The van der Waals surface area contributed by atoms with Crippen LogP contribution in [0, 0.1) is 5.41 Å². The Labute approximate surface area is 88.4 Å². The lowest BCUT2D eigenvalue weighted by molar-refractivity contribution is 0.234. The maximum absolute atomic E-state index is 8.92. The fourth-order valence-corrected chi connectivity index (χ4v) is 2.52. The van der Waals surface area contributed by atoms with Gasteiger partial charge in [-0.2, -0.15) is 0 Å². The van der Waals surface area contributed by atoms with Gasteiger partial charge in [-0.05, 0) is 6.42 Å². The molecule has 78 valence electrons. The first-order chi connectivity index (χ1) is 6.67. The van der Waals surface area contributed by atoms with Crippen molar-refractivity contribution in [2.45, 2.75) is 26.9 Å². The van der Waals surface area contributed by atoms with Crippen molar-refractivity contribution in [3.8, 4) is 0 Å². The van der Waals surface area contributed by atoms with Gasteiger partial charge in [0.25, 0.3) is 0 Å². The summed E-state index contributed by atoms with van der Waals surface area (Å²) in [6, 6.07) is 0. The van der Waals surface area contributed by atoms with E-state index in [1.165, 1.54) is 6.42 Å². The molecule has 1 saturated heterocycles. The van der Waals surface area contributed by atoms with Gasteiger partial charge in [-0.25, -0.2) is 4.98 Å². The summed E-state index contributed by atoms with van der Waals surface area (Å²) in [5.74, 6) is 0. The molecule has 2 heterocycles. The molecule has 0 radical (unpaired) electrons. The first kappa shape index (κ1) is 9.93. The Balaban J connectivity index is 1.99. The number of hydrogen-bond donors (Lipinski definition) is 1. The normalized spacial score (nSPS) is 19.5. The van der Waals surface area contributed by atoms with Gasteiger partial charge in [-0.3, -0.25) is 0 Å². The average Bonchev–Trinajstić information content (AvgIpc) is 2.61. The van der Waals surface area contributed by atoms with Crippen LogP contribution in [0.1, 0.15) is 25.1 Å². The lowest BCUT2D eigenvalue weighted by atomic mass is 9.80. The number of hydrogen-bond acceptors (Lipinski definition) is 4. The van der Waals surface area contributed by atoms with E-state index in [2.05, 4.69) is 23.7 Å². The quantitative estimate of drug-likeness (QED) is 0.831. The topological polar surface area (TPSA) is 36.4 Å². The monoisotopic (exact) mass is 212 g/mol. The minimum absolute atomic E-state index is 0.108. The smallest absolute Gasteiger partial charge is 0.185 e. The maximum Gasteiger partial charge on any atom is 0.185 e. The van der Waals surface area contributed by atoms with E-state index in [1.54, 1.807) is 17.5 Å². The summed E-state index contributed by atoms with van der Waals surface area (Å²) in [6.45, 7) is 6.85. The van der Waals surface area contributed by atoms with Crippen LogP contribution in [0.5, 0.6) is 0 Å². The van der Waals surface area contributed by atoms with Crippen LogP contribution in [0.3, 0.4) is 0 Å². The maximum atomic E-state index is 8.92. The number of aromatic nitrogens is 1. The molecule has 0 bridgehead atoms. The fourth-order valence-electron chi connectivity index (χ4n) is 1.75. The van der Waals surface area contributed by atoms with Gasteiger partial charge >= 0.3 is 0 Å². The molecular formula is C10H16N2OS. The number of aliphatic hydroxyl groups excluding tert-OH is 1.